The maximum absolute atomic E-state index is 12.2. The number of hydrogen-bond donors (Lipinski definition) is 1. The molecule has 1 saturated carbocycles. The molecule has 0 aromatic heterocycles. The Kier molecular flexibility index (Phi) is 3.82. The summed E-state index contributed by atoms with van der Waals surface area (Å²) in [7, 11) is 0. The number of hydrogen-bond acceptors (Lipinski definition) is 1. The summed E-state index contributed by atoms with van der Waals surface area (Å²) in [6.07, 6.45) is 6.08. The molecule has 1 amide bonds. The summed E-state index contributed by atoms with van der Waals surface area (Å²) >= 11 is 0. The SMILES string of the molecule is Cc1cccc(C(=O)NC2CCCCC2)c1C. The highest BCUT2D eigenvalue weighted by molar-refractivity contribution is 5.96. The predicted octanol–water partition coefficient (Wildman–Crippen LogP) is 3.37. The fraction of sp³-hybridized carbons (Fsp3) is 0.533. The van der Waals surface area contributed by atoms with Gasteiger partial charge in [0, 0.05) is 11.6 Å². The highest BCUT2D eigenvalue weighted by Gasteiger charge is 2.17. The summed E-state index contributed by atoms with van der Waals surface area (Å²) in [5, 5.41) is 3.16. The summed E-state index contributed by atoms with van der Waals surface area (Å²) < 4.78 is 0. The van der Waals surface area contributed by atoms with E-state index >= 15 is 0 Å². The third-order valence-corrected chi connectivity index (χ3v) is 3.79. The van der Waals surface area contributed by atoms with Crippen molar-refractivity contribution in [3.63, 3.8) is 0 Å². The topological polar surface area (TPSA) is 29.1 Å². The number of nitrogens with one attached hydrogen (secondary N) is 1. The van der Waals surface area contributed by atoms with Gasteiger partial charge < -0.3 is 5.32 Å². The molecule has 2 nitrogen and oxygen atoms in total. The Bertz CT molecular complexity index is 405. The monoisotopic (exact) mass is 231 g/mol. The average molecular weight is 231 g/mol. The van der Waals surface area contributed by atoms with Crippen molar-refractivity contribution in [3.8, 4) is 0 Å². The molecule has 1 N–H and O–H groups in total. The van der Waals surface area contributed by atoms with E-state index in [4.69, 9.17) is 0 Å². The highest BCUT2D eigenvalue weighted by atomic mass is 16.1. The van der Waals surface area contributed by atoms with Crippen LogP contribution in [0.15, 0.2) is 18.2 Å². The Morgan fingerprint density at radius 2 is 1.88 bits per heavy atom. The summed E-state index contributed by atoms with van der Waals surface area (Å²) in [5.74, 6) is 0.0955. The molecule has 1 aromatic rings. The van der Waals surface area contributed by atoms with Crippen molar-refractivity contribution in [2.24, 2.45) is 0 Å². The Morgan fingerprint density at radius 1 is 1.18 bits per heavy atom. The largest absolute Gasteiger partial charge is 0.349 e. The minimum absolute atomic E-state index is 0.0955. The van der Waals surface area contributed by atoms with Crippen molar-refractivity contribution in [1.29, 1.82) is 0 Å². The second-order valence-electron chi connectivity index (χ2n) is 5.06. The molecule has 2 rings (SSSR count). The third-order valence-electron chi connectivity index (χ3n) is 3.79. The van der Waals surface area contributed by atoms with Crippen LogP contribution in [0.1, 0.15) is 53.6 Å². The predicted molar refractivity (Wildman–Crippen MR) is 70.3 cm³/mol. The Labute approximate surface area is 103 Å². The van der Waals surface area contributed by atoms with Gasteiger partial charge in [-0.2, -0.15) is 0 Å². The zero-order valence-electron chi connectivity index (χ0n) is 10.8. The van der Waals surface area contributed by atoms with Gasteiger partial charge in [-0.15, -0.1) is 0 Å². The zero-order valence-corrected chi connectivity index (χ0v) is 10.8. The summed E-state index contributed by atoms with van der Waals surface area (Å²) in [6.45, 7) is 4.07. The van der Waals surface area contributed by atoms with Crippen LogP contribution in [-0.4, -0.2) is 11.9 Å². The summed E-state index contributed by atoms with van der Waals surface area (Å²) in [5.41, 5.74) is 3.11. The van der Waals surface area contributed by atoms with Crippen LogP contribution < -0.4 is 5.32 Å². The standard InChI is InChI=1S/C15H21NO/c1-11-7-6-10-14(12(11)2)15(17)16-13-8-4-3-5-9-13/h6-7,10,13H,3-5,8-9H2,1-2H3,(H,16,17). The maximum atomic E-state index is 12.2. The van der Waals surface area contributed by atoms with E-state index in [0.29, 0.717) is 6.04 Å². The zero-order chi connectivity index (χ0) is 12.3. The van der Waals surface area contributed by atoms with E-state index in [1.165, 1.54) is 24.8 Å². The van der Waals surface area contributed by atoms with E-state index in [-0.39, 0.29) is 5.91 Å². The first kappa shape index (κ1) is 12.2. The molecule has 2 heteroatoms. The second kappa shape index (κ2) is 5.35. The quantitative estimate of drug-likeness (QED) is 0.830. The Morgan fingerprint density at radius 3 is 2.59 bits per heavy atom. The number of aryl methyl sites for hydroxylation is 1. The lowest BCUT2D eigenvalue weighted by Crippen LogP contribution is -2.36. The normalized spacial score (nSPS) is 16.8. The van der Waals surface area contributed by atoms with Crippen LogP contribution in [-0.2, 0) is 0 Å². The minimum Gasteiger partial charge on any atom is -0.349 e. The molecule has 92 valence electrons. The first-order valence-electron chi connectivity index (χ1n) is 6.55. The lowest BCUT2D eigenvalue weighted by molar-refractivity contribution is 0.0927. The molecule has 1 aliphatic carbocycles. The molecular formula is C15H21NO. The van der Waals surface area contributed by atoms with Crippen molar-refractivity contribution in [1.82, 2.24) is 5.32 Å². The lowest BCUT2D eigenvalue weighted by Gasteiger charge is -2.23. The van der Waals surface area contributed by atoms with Gasteiger partial charge in [-0.3, -0.25) is 4.79 Å². The number of rotatable bonds is 2. The maximum Gasteiger partial charge on any atom is 0.251 e. The van der Waals surface area contributed by atoms with Gasteiger partial charge in [0.2, 0.25) is 0 Å². The average Bonchev–Trinajstić information content (AvgIpc) is 2.34. The van der Waals surface area contributed by atoms with Crippen LogP contribution in [0.2, 0.25) is 0 Å². The van der Waals surface area contributed by atoms with E-state index in [1.807, 2.05) is 32.0 Å². The Balaban J connectivity index is 2.06. The van der Waals surface area contributed by atoms with Crippen LogP contribution in [0.3, 0.4) is 0 Å². The van der Waals surface area contributed by atoms with Crippen LogP contribution in [0.25, 0.3) is 0 Å². The highest BCUT2D eigenvalue weighted by Crippen LogP contribution is 2.19. The van der Waals surface area contributed by atoms with E-state index < -0.39 is 0 Å². The van der Waals surface area contributed by atoms with Gasteiger partial charge in [-0.1, -0.05) is 31.4 Å². The van der Waals surface area contributed by atoms with Crippen molar-refractivity contribution in [2.45, 2.75) is 52.0 Å². The molecule has 0 unspecified atom stereocenters. The van der Waals surface area contributed by atoms with Gasteiger partial charge in [0.25, 0.3) is 5.91 Å². The number of carbonyl (C=O) groups is 1. The van der Waals surface area contributed by atoms with Crippen molar-refractivity contribution >= 4 is 5.91 Å². The molecule has 0 bridgehead atoms. The van der Waals surface area contributed by atoms with E-state index in [2.05, 4.69) is 5.32 Å². The first-order valence-corrected chi connectivity index (χ1v) is 6.55. The first-order chi connectivity index (χ1) is 8.18. The van der Waals surface area contributed by atoms with Crippen LogP contribution in [0.5, 0.6) is 0 Å². The fourth-order valence-corrected chi connectivity index (χ4v) is 2.51. The van der Waals surface area contributed by atoms with Crippen molar-refractivity contribution in [2.75, 3.05) is 0 Å². The lowest BCUT2D eigenvalue weighted by atomic mass is 9.95. The fourth-order valence-electron chi connectivity index (χ4n) is 2.51. The van der Waals surface area contributed by atoms with Crippen molar-refractivity contribution in [3.05, 3.63) is 34.9 Å². The van der Waals surface area contributed by atoms with E-state index in [9.17, 15) is 4.79 Å². The number of carbonyl (C=O) groups excluding carboxylic acids is 1. The van der Waals surface area contributed by atoms with Gasteiger partial charge in [-0.05, 0) is 43.9 Å². The van der Waals surface area contributed by atoms with Crippen molar-refractivity contribution < 1.29 is 4.79 Å². The molecule has 0 heterocycles. The molecule has 1 fully saturated rings. The van der Waals surface area contributed by atoms with Gasteiger partial charge in [0.05, 0.1) is 0 Å². The molecule has 0 radical (unpaired) electrons. The van der Waals surface area contributed by atoms with Crippen LogP contribution in [0, 0.1) is 13.8 Å². The molecule has 1 aliphatic rings. The molecular weight excluding hydrogens is 210 g/mol. The summed E-state index contributed by atoms with van der Waals surface area (Å²) in [4.78, 5) is 12.2. The van der Waals surface area contributed by atoms with Gasteiger partial charge in [0.15, 0.2) is 0 Å². The number of amides is 1. The molecule has 17 heavy (non-hydrogen) atoms. The minimum atomic E-state index is 0.0955. The molecule has 1 aromatic carbocycles. The second-order valence-corrected chi connectivity index (χ2v) is 5.06. The molecule has 0 saturated heterocycles. The van der Waals surface area contributed by atoms with E-state index in [0.717, 1.165) is 24.0 Å². The molecule has 0 spiro atoms. The molecule has 0 atom stereocenters. The van der Waals surface area contributed by atoms with Crippen LogP contribution in [0.4, 0.5) is 0 Å². The smallest absolute Gasteiger partial charge is 0.251 e. The van der Waals surface area contributed by atoms with Gasteiger partial charge in [0.1, 0.15) is 0 Å². The van der Waals surface area contributed by atoms with Crippen LogP contribution >= 0.6 is 0 Å². The Hall–Kier alpha value is -1.31. The third kappa shape index (κ3) is 2.87. The number of benzene rings is 1. The van der Waals surface area contributed by atoms with Gasteiger partial charge >= 0.3 is 0 Å². The van der Waals surface area contributed by atoms with Gasteiger partial charge in [-0.25, -0.2) is 0 Å². The molecule has 0 aliphatic heterocycles. The van der Waals surface area contributed by atoms with E-state index in [1.54, 1.807) is 0 Å². The summed E-state index contributed by atoms with van der Waals surface area (Å²) in [6, 6.07) is 6.31.